The van der Waals surface area contributed by atoms with Gasteiger partial charge < -0.3 is 9.88 Å². The summed E-state index contributed by atoms with van der Waals surface area (Å²) in [5.41, 5.74) is 4.05. The summed E-state index contributed by atoms with van der Waals surface area (Å²) in [7, 11) is 1.88. The molecule has 2 heterocycles. The molecule has 0 aliphatic rings. The van der Waals surface area contributed by atoms with Crippen LogP contribution in [0.1, 0.15) is 35.5 Å². The Labute approximate surface area is 147 Å². The molecular weight excluding hydrogens is 314 g/mol. The van der Waals surface area contributed by atoms with Gasteiger partial charge in [-0.3, -0.25) is 9.48 Å². The second kappa shape index (κ2) is 7.34. The number of aromatic nitrogens is 4. The van der Waals surface area contributed by atoms with Crippen LogP contribution in [0.4, 0.5) is 0 Å². The number of carbonyl (C=O) groups is 1. The largest absolute Gasteiger partial charge is 0.349 e. The SMILES string of the molecule is Cc1nn(C)cc1[C@H](C)NC(=O)Cc1cncn1Cc1ccccc1. The molecule has 0 aliphatic heterocycles. The molecule has 0 fully saturated rings. The Bertz CT molecular complexity index is 850. The summed E-state index contributed by atoms with van der Waals surface area (Å²) in [6.07, 6.45) is 5.77. The van der Waals surface area contributed by atoms with Crippen molar-refractivity contribution in [2.45, 2.75) is 32.9 Å². The smallest absolute Gasteiger partial charge is 0.226 e. The summed E-state index contributed by atoms with van der Waals surface area (Å²) in [6, 6.07) is 10.1. The lowest BCUT2D eigenvalue weighted by Crippen LogP contribution is -2.29. The van der Waals surface area contributed by atoms with E-state index in [1.54, 1.807) is 17.2 Å². The van der Waals surface area contributed by atoms with Gasteiger partial charge in [0, 0.05) is 37.2 Å². The van der Waals surface area contributed by atoms with E-state index in [0.29, 0.717) is 13.0 Å². The average Bonchev–Trinajstić information content (AvgIpc) is 3.14. The molecule has 2 aromatic heterocycles. The maximum atomic E-state index is 12.4. The van der Waals surface area contributed by atoms with Crippen molar-refractivity contribution in [2.24, 2.45) is 7.05 Å². The van der Waals surface area contributed by atoms with Gasteiger partial charge in [0.05, 0.1) is 24.5 Å². The van der Waals surface area contributed by atoms with Crippen LogP contribution in [-0.2, 0) is 24.8 Å². The van der Waals surface area contributed by atoms with E-state index in [1.807, 2.05) is 49.9 Å². The molecule has 1 amide bonds. The van der Waals surface area contributed by atoms with Crippen molar-refractivity contribution < 1.29 is 4.79 Å². The molecule has 0 unspecified atom stereocenters. The van der Waals surface area contributed by atoms with Crippen LogP contribution in [-0.4, -0.2) is 25.2 Å². The maximum Gasteiger partial charge on any atom is 0.226 e. The fourth-order valence-corrected chi connectivity index (χ4v) is 3.00. The second-order valence-corrected chi connectivity index (χ2v) is 6.31. The zero-order valence-electron chi connectivity index (χ0n) is 14.8. The molecule has 3 rings (SSSR count). The molecule has 0 aliphatic carbocycles. The number of amides is 1. The molecule has 0 radical (unpaired) electrons. The van der Waals surface area contributed by atoms with Crippen molar-refractivity contribution in [3.05, 3.63) is 71.6 Å². The Morgan fingerprint density at radius 2 is 2.04 bits per heavy atom. The topological polar surface area (TPSA) is 64.7 Å². The van der Waals surface area contributed by atoms with Gasteiger partial charge in [0.15, 0.2) is 0 Å². The van der Waals surface area contributed by atoms with Crippen LogP contribution in [0.3, 0.4) is 0 Å². The lowest BCUT2D eigenvalue weighted by Gasteiger charge is -2.14. The Hall–Kier alpha value is -2.89. The summed E-state index contributed by atoms with van der Waals surface area (Å²) in [5.74, 6) is -0.0226. The van der Waals surface area contributed by atoms with E-state index in [1.165, 1.54) is 5.56 Å². The molecule has 25 heavy (non-hydrogen) atoms. The highest BCUT2D eigenvalue weighted by Crippen LogP contribution is 2.16. The minimum atomic E-state index is -0.0771. The lowest BCUT2D eigenvalue weighted by molar-refractivity contribution is -0.121. The zero-order valence-corrected chi connectivity index (χ0v) is 14.8. The van der Waals surface area contributed by atoms with Crippen molar-refractivity contribution in [2.75, 3.05) is 0 Å². The fraction of sp³-hybridized carbons (Fsp3) is 0.316. The van der Waals surface area contributed by atoms with E-state index >= 15 is 0 Å². The summed E-state index contributed by atoms with van der Waals surface area (Å²) in [6.45, 7) is 4.64. The molecule has 3 aromatic rings. The number of rotatable bonds is 6. The first-order valence-corrected chi connectivity index (χ1v) is 8.35. The van der Waals surface area contributed by atoms with Crippen LogP contribution in [0.25, 0.3) is 0 Å². The van der Waals surface area contributed by atoms with Crippen LogP contribution >= 0.6 is 0 Å². The molecule has 0 saturated heterocycles. The van der Waals surface area contributed by atoms with Crippen molar-refractivity contribution >= 4 is 5.91 Å². The van der Waals surface area contributed by atoms with Gasteiger partial charge in [0.25, 0.3) is 0 Å². The van der Waals surface area contributed by atoms with Gasteiger partial charge in [-0.25, -0.2) is 4.98 Å². The zero-order chi connectivity index (χ0) is 17.8. The molecule has 0 bridgehead atoms. The summed E-state index contributed by atoms with van der Waals surface area (Å²) >= 11 is 0. The minimum absolute atomic E-state index is 0.0226. The molecule has 0 saturated carbocycles. The van der Waals surface area contributed by atoms with Gasteiger partial charge in [0.1, 0.15) is 0 Å². The predicted molar refractivity (Wildman–Crippen MR) is 96.0 cm³/mol. The number of imidazole rings is 1. The Kier molecular flexibility index (Phi) is 4.97. The number of hydrogen-bond donors (Lipinski definition) is 1. The number of hydrogen-bond acceptors (Lipinski definition) is 3. The lowest BCUT2D eigenvalue weighted by atomic mass is 10.1. The van der Waals surface area contributed by atoms with Crippen LogP contribution in [0, 0.1) is 6.92 Å². The van der Waals surface area contributed by atoms with Crippen LogP contribution < -0.4 is 5.32 Å². The fourth-order valence-electron chi connectivity index (χ4n) is 3.00. The van der Waals surface area contributed by atoms with Crippen LogP contribution in [0.5, 0.6) is 0 Å². The molecular formula is C19H23N5O. The first-order valence-electron chi connectivity index (χ1n) is 8.35. The van der Waals surface area contributed by atoms with Gasteiger partial charge in [-0.15, -0.1) is 0 Å². The molecule has 0 spiro atoms. The summed E-state index contributed by atoms with van der Waals surface area (Å²) in [5, 5.41) is 7.37. The van der Waals surface area contributed by atoms with Gasteiger partial charge >= 0.3 is 0 Å². The Morgan fingerprint density at radius 3 is 2.72 bits per heavy atom. The number of aryl methyl sites for hydroxylation is 2. The monoisotopic (exact) mass is 337 g/mol. The van der Waals surface area contributed by atoms with Crippen LogP contribution in [0.2, 0.25) is 0 Å². The second-order valence-electron chi connectivity index (χ2n) is 6.31. The third-order valence-corrected chi connectivity index (χ3v) is 4.23. The van der Waals surface area contributed by atoms with Crippen molar-refractivity contribution in [1.29, 1.82) is 0 Å². The molecule has 6 heteroatoms. The molecule has 1 N–H and O–H groups in total. The standard InChI is InChI=1S/C19H23N5O/c1-14(18-12-23(3)22-15(18)2)21-19(25)9-17-10-20-13-24(17)11-16-7-5-4-6-8-16/h4-8,10,12-14H,9,11H2,1-3H3,(H,21,25)/t14-/m0/s1. The first kappa shape index (κ1) is 17.0. The quantitative estimate of drug-likeness (QED) is 0.751. The first-order chi connectivity index (χ1) is 12.0. The van der Waals surface area contributed by atoms with Crippen LogP contribution in [0.15, 0.2) is 49.1 Å². The van der Waals surface area contributed by atoms with E-state index in [0.717, 1.165) is 17.0 Å². The van der Waals surface area contributed by atoms with Crippen molar-refractivity contribution in [1.82, 2.24) is 24.6 Å². The van der Waals surface area contributed by atoms with Gasteiger partial charge in [-0.05, 0) is 19.4 Å². The van der Waals surface area contributed by atoms with E-state index in [2.05, 4.69) is 27.5 Å². The van der Waals surface area contributed by atoms with E-state index < -0.39 is 0 Å². The molecule has 1 aromatic carbocycles. The van der Waals surface area contributed by atoms with Gasteiger partial charge in [0.2, 0.25) is 5.91 Å². The molecule has 6 nitrogen and oxygen atoms in total. The minimum Gasteiger partial charge on any atom is -0.349 e. The maximum absolute atomic E-state index is 12.4. The predicted octanol–water partition coefficient (Wildman–Crippen LogP) is 2.39. The summed E-state index contributed by atoms with van der Waals surface area (Å²) in [4.78, 5) is 16.6. The van der Waals surface area contributed by atoms with E-state index in [9.17, 15) is 4.79 Å². The third kappa shape index (κ3) is 4.15. The average molecular weight is 337 g/mol. The number of nitrogens with one attached hydrogen (secondary N) is 1. The van der Waals surface area contributed by atoms with E-state index in [4.69, 9.17) is 0 Å². The molecule has 130 valence electrons. The highest BCUT2D eigenvalue weighted by molar-refractivity contribution is 5.78. The highest BCUT2D eigenvalue weighted by atomic mass is 16.1. The highest BCUT2D eigenvalue weighted by Gasteiger charge is 2.16. The number of carbonyl (C=O) groups excluding carboxylic acids is 1. The van der Waals surface area contributed by atoms with Gasteiger partial charge in [-0.1, -0.05) is 30.3 Å². The number of nitrogens with zero attached hydrogens (tertiary/aromatic N) is 4. The summed E-state index contributed by atoms with van der Waals surface area (Å²) < 4.78 is 3.77. The number of benzene rings is 1. The van der Waals surface area contributed by atoms with Crippen molar-refractivity contribution in [3.63, 3.8) is 0 Å². The van der Waals surface area contributed by atoms with Gasteiger partial charge in [-0.2, -0.15) is 5.10 Å². The Balaban J connectivity index is 1.64. The molecule has 1 atom stereocenters. The third-order valence-electron chi connectivity index (χ3n) is 4.23. The van der Waals surface area contributed by atoms with E-state index in [-0.39, 0.29) is 11.9 Å². The normalized spacial score (nSPS) is 12.1. The Morgan fingerprint density at radius 1 is 1.28 bits per heavy atom. The van der Waals surface area contributed by atoms with Crippen molar-refractivity contribution in [3.8, 4) is 0 Å².